The molecule has 2 unspecified atom stereocenters. The van der Waals surface area contributed by atoms with Gasteiger partial charge in [-0.3, -0.25) is 0 Å². The number of nitrogens with zero attached hydrogens (tertiary/aromatic N) is 2. The van der Waals surface area contributed by atoms with Gasteiger partial charge in [-0.25, -0.2) is 18.8 Å². The van der Waals surface area contributed by atoms with E-state index in [1.165, 1.54) is 18.2 Å². The summed E-state index contributed by atoms with van der Waals surface area (Å²) in [5, 5.41) is 6.35. The third-order valence-corrected chi connectivity index (χ3v) is 4.27. The van der Waals surface area contributed by atoms with Gasteiger partial charge in [0.2, 0.25) is 5.89 Å². The minimum Gasteiger partial charge on any atom is -0.444 e. The van der Waals surface area contributed by atoms with Crippen LogP contribution >= 0.6 is 24.0 Å². The Morgan fingerprint density at radius 3 is 2.58 bits per heavy atom. The fraction of sp³-hybridized carbons (Fsp3) is 0.444. The quantitative estimate of drug-likeness (QED) is 0.392. The van der Waals surface area contributed by atoms with Crippen LogP contribution in [0.5, 0.6) is 0 Å². The number of aryl methyl sites for hydroxylation is 2. The van der Waals surface area contributed by atoms with Crippen LogP contribution in [0.15, 0.2) is 27.6 Å². The predicted octanol–water partition coefficient (Wildman–Crippen LogP) is 3.80. The minimum absolute atomic E-state index is 0. The largest absolute Gasteiger partial charge is 0.444 e. The van der Waals surface area contributed by atoms with Crippen LogP contribution in [0.25, 0.3) is 0 Å². The highest BCUT2D eigenvalue weighted by atomic mass is 127. The Morgan fingerprint density at radius 1 is 1.31 bits per heavy atom. The number of hydrogen-bond donors (Lipinski definition) is 2. The summed E-state index contributed by atoms with van der Waals surface area (Å²) in [5.74, 6) is 0.723. The second-order valence-electron chi connectivity index (χ2n) is 6.17. The van der Waals surface area contributed by atoms with Gasteiger partial charge in [0.15, 0.2) is 5.96 Å². The molecule has 0 radical (unpaired) electrons. The number of aliphatic imine (C=N–C) groups is 1. The summed E-state index contributed by atoms with van der Waals surface area (Å²) in [6, 6.07) is 3.92. The van der Waals surface area contributed by atoms with Gasteiger partial charge >= 0.3 is 0 Å². The number of oxazole rings is 1. The lowest BCUT2D eigenvalue weighted by atomic mass is 10.1. The Hall–Kier alpha value is -1.71. The van der Waals surface area contributed by atoms with Gasteiger partial charge in [-0.1, -0.05) is 6.07 Å². The highest BCUT2D eigenvalue weighted by molar-refractivity contribution is 14.0. The maximum atomic E-state index is 13.9. The lowest BCUT2D eigenvalue weighted by Crippen LogP contribution is -2.39. The number of benzene rings is 1. The Bertz CT molecular complexity index is 754. The molecule has 0 saturated heterocycles. The van der Waals surface area contributed by atoms with Gasteiger partial charge in [0.25, 0.3) is 0 Å². The molecule has 8 heteroatoms. The molecule has 0 aliphatic heterocycles. The van der Waals surface area contributed by atoms with Crippen molar-refractivity contribution in [3.63, 3.8) is 0 Å². The maximum absolute atomic E-state index is 13.9. The predicted molar refractivity (Wildman–Crippen MR) is 107 cm³/mol. The lowest BCUT2D eigenvalue weighted by Gasteiger charge is -2.11. The summed E-state index contributed by atoms with van der Waals surface area (Å²) in [5.41, 5.74) is 0.996. The molecule has 1 fully saturated rings. The Morgan fingerprint density at radius 2 is 2.00 bits per heavy atom. The first-order chi connectivity index (χ1) is 12.0. The van der Waals surface area contributed by atoms with Crippen molar-refractivity contribution in [2.45, 2.75) is 45.7 Å². The van der Waals surface area contributed by atoms with Crippen molar-refractivity contribution in [2.75, 3.05) is 6.54 Å². The molecular formula is C18H23F2IN4O. The molecule has 0 amide bonds. The molecule has 5 nitrogen and oxygen atoms in total. The van der Waals surface area contributed by atoms with Gasteiger partial charge in [-0.2, -0.15) is 0 Å². The van der Waals surface area contributed by atoms with Gasteiger partial charge < -0.3 is 15.1 Å². The first-order valence-electron chi connectivity index (χ1n) is 8.41. The summed E-state index contributed by atoms with van der Waals surface area (Å²) in [6.45, 7) is 6.68. The Balaban J connectivity index is 0.00000243. The molecule has 1 aromatic carbocycles. The molecule has 1 heterocycles. The standard InChI is InChI=1S/C18H22F2N4O.HI/c1-4-21-18(22-9-16-23-10(2)11(3)25-16)24-15-8-12(15)17-13(19)6-5-7-14(17)20;/h5-7,12,15H,4,8-9H2,1-3H3,(H2,21,22,24);1H. The maximum Gasteiger partial charge on any atom is 0.216 e. The van der Waals surface area contributed by atoms with E-state index >= 15 is 0 Å². The van der Waals surface area contributed by atoms with Crippen molar-refractivity contribution in [3.05, 3.63) is 52.7 Å². The normalized spacial score (nSPS) is 19.0. The van der Waals surface area contributed by atoms with Crippen LogP contribution in [0.3, 0.4) is 0 Å². The second-order valence-corrected chi connectivity index (χ2v) is 6.17. The SMILES string of the molecule is CCNC(=NCc1nc(C)c(C)o1)NC1CC1c1c(F)cccc1F.I. The van der Waals surface area contributed by atoms with Crippen molar-refractivity contribution < 1.29 is 13.2 Å². The highest BCUT2D eigenvalue weighted by Crippen LogP contribution is 2.43. The van der Waals surface area contributed by atoms with E-state index in [9.17, 15) is 8.78 Å². The summed E-state index contributed by atoms with van der Waals surface area (Å²) < 4.78 is 33.3. The van der Waals surface area contributed by atoms with Gasteiger partial charge in [0.1, 0.15) is 23.9 Å². The monoisotopic (exact) mass is 476 g/mol. The van der Waals surface area contributed by atoms with Crippen molar-refractivity contribution in [1.82, 2.24) is 15.6 Å². The number of hydrogen-bond acceptors (Lipinski definition) is 3. The molecule has 1 aliphatic rings. The number of halogens is 3. The van der Waals surface area contributed by atoms with E-state index in [4.69, 9.17) is 4.42 Å². The van der Waals surface area contributed by atoms with Gasteiger partial charge in [-0.15, -0.1) is 24.0 Å². The van der Waals surface area contributed by atoms with Crippen molar-refractivity contribution in [1.29, 1.82) is 0 Å². The fourth-order valence-corrected chi connectivity index (χ4v) is 2.79. The first kappa shape index (κ1) is 20.6. The van der Waals surface area contributed by atoms with Crippen LogP contribution in [0.2, 0.25) is 0 Å². The molecule has 1 aromatic heterocycles. The Labute approximate surface area is 168 Å². The van der Waals surface area contributed by atoms with Crippen LogP contribution in [-0.4, -0.2) is 23.5 Å². The average molecular weight is 476 g/mol. The molecule has 142 valence electrons. The molecule has 2 aromatic rings. The van der Waals surface area contributed by atoms with E-state index in [1.807, 2.05) is 20.8 Å². The van der Waals surface area contributed by atoms with Crippen LogP contribution in [0, 0.1) is 25.5 Å². The van der Waals surface area contributed by atoms with Crippen LogP contribution in [0.4, 0.5) is 8.78 Å². The van der Waals surface area contributed by atoms with Gasteiger partial charge in [0.05, 0.1) is 5.69 Å². The zero-order valence-corrected chi connectivity index (χ0v) is 17.3. The van der Waals surface area contributed by atoms with Crippen molar-refractivity contribution >= 4 is 29.9 Å². The third-order valence-electron chi connectivity index (χ3n) is 4.27. The number of guanidine groups is 1. The molecule has 3 rings (SSSR count). The highest BCUT2D eigenvalue weighted by Gasteiger charge is 2.42. The lowest BCUT2D eigenvalue weighted by molar-refractivity contribution is 0.472. The van der Waals surface area contributed by atoms with E-state index in [-0.39, 0.29) is 41.5 Å². The summed E-state index contributed by atoms with van der Waals surface area (Å²) >= 11 is 0. The second kappa shape index (κ2) is 8.79. The number of nitrogens with one attached hydrogen (secondary N) is 2. The topological polar surface area (TPSA) is 62.5 Å². The molecular weight excluding hydrogens is 453 g/mol. The summed E-state index contributed by atoms with van der Waals surface area (Å²) in [6.07, 6.45) is 0.666. The summed E-state index contributed by atoms with van der Waals surface area (Å²) in [7, 11) is 0. The number of rotatable bonds is 5. The smallest absolute Gasteiger partial charge is 0.216 e. The molecule has 26 heavy (non-hydrogen) atoms. The number of aromatic nitrogens is 1. The zero-order valence-electron chi connectivity index (χ0n) is 15.0. The molecule has 0 spiro atoms. The summed E-state index contributed by atoms with van der Waals surface area (Å²) in [4.78, 5) is 8.74. The van der Waals surface area contributed by atoms with E-state index < -0.39 is 11.6 Å². The third kappa shape index (κ3) is 4.72. The minimum atomic E-state index is -0.498. The molecule has 1 saturated carbocycles. The average Bonchev–Trinajstić information content (AvgIpc) is 3.22. The Kier molecular flexibility index (Phi) is 6.96. The molecule has 2 N–H and O–H groups in total. The van der Waals surface area contributed by atoms with E-state index in [0.29, 0.717) is 31.4 Å². The van der Waals surface area contributed by atoms with E-state index in [1.54, 1.807) is 0 Å². The van der Waals surface area contributed by atoms with Crippen molar-refractivity contribution in [3.8, 4) is 0 Å². The zero-order chi connectivity index (χ0) is 18.0. The van der Waals surface area contributed by atoms with Crippen LogP contribution in [0.1, 0.15) is 42.2 Å². The molecule has 1 aliphatic carbocycles. The van der Waals surface area contributed by atoms with Gasteiger partial charge in [-0.05, 0) is 39.3 Å². The van der Waals surface area contributed by atoms with E-state index in [2.05, 4.69) is 20.6 Å². The first-order valence-corrected chi connectivity index (χ1v) is 8.41. The molecule has 2 atom stereocenters. The van der Waals surface area contributed by atoms with Gasteiger partial charge in [0, 0.05) is 24.1 Å². The molecule has 0 bridgehead atoms. The van der Waals surface area contributed by atoms with E-state index in [0.717, 1.165) is 11.5 Å². The van der Waals surface area contributed by atoms with Crippen LogP contribution < -0.4 is 10.6 Å². The van der Waals surface area contributed by atoms with Crippen molar-refractivity contribution in [2.24, 2.45) is 4.99 Å². The van der Waals surface area contributed by atoms with Crippen LogP contribution in [-0.2, 0) is 6.54 Å². The fourth-order valence-electron chi connectivity index (χ4n) is 2.79.